The molecule has 16 heavy (non-hydrogen) atoms. The second-order valence-corrected chi connectivity index (χ2v) is 4.63. The van der Waals surface area contributed by atoms with Crippen molar-refractivity contribution in [2.45, 2.75) is 19.5 Å². The molecular weight excluding hydrogens is 220 g/mol. The molecule has 1 N–H and O–H groups in total. The van der Waals surface area contributed by atoms with Gasteiger partial charge in [-0.1, -0.05) is 0 Å². The highest BCUT2D eigenvalue weighted by molar-refractivity contribution is 7.71. The number of pyridine rings is 1. The molecule has 0 aliphatic rings. The van der Waals surface area contributed by atoms with Crippen LogP contribution in [0.3, 0.4) is 0 Å². The van der Waals surface area contributed by atoms with E-state index in [-0.39, 0.29) is 0 Å². The number of aromatic nitrogens is 3. The Labute approximate surface area is 99.9 Å². The first-order chi connectivity index (χ1) is 7.59. The molecule has 4 nitrogen and oxygen atoms in total. The first kappa shape index (κ1) is 11.3. The summed E-state index contributed by atoms with van der Waals surface area (Å²) in [6, 6.07) is 2.43. The summed E-state index contributed by atoms with van der Waals surface area (Å²) in [5.74, 6) is 0. The normalized spacial score (nSPS) is 13.5. The summed E-state index contributed by atoms with van der Waals surface area (Å²) in [6.45, 7) is 3.07. The van der Waals surface area contributed by atoms with E-state index in [1.807, 2.05) is 12.3 Å². The van der Waals surface area contributed by atoms with Gasteiger partial charge in [0.1, 0.15) is 0 Å². The van der Waals surface area contributed by atoms with E-state index in [1.165, 1.54) is 0 Å². The predicted octanol–water partition coefficient (Wildman–Crippen LogP) is 2.04. The zero-order valence-corrected chi connectivity index (χ0v) is 10.6. The van der Waals surface area contributed by atoms with Gasteiger partial charge < -0.3 is 14.5 Å². The van der Waals surface area contributed by atoms with E-state index in [1.54, 1.807) is 6.20 Å². The molecule has 2 rings (SSSR count). The van der Waals surface area contributed by atoms with Crippen molar-refractivity contribution in [2.24, 2.45) is 0 Å². The van der Waals surface area contributed by atoms with Crippen LogP contribution in [-0.4, -0.2) is 39.6 Å². The van der Waals surface area contributed by atoms with Crippen LogP contribution in [0.4, 0.5) is 0 Å². The van der Waals surface area contributed by atoms with Crippen LogP contribution in [0.2, 0.25) is 0 Å². The fourth-order valence-electron chi connectivity index (χ4n) is 1.62. The van der Waals surface area contributed by atoms with E-state index in [0.29, 0.717) is 6.04 Å². The third kappa shape index (κ3) is 2.01. The van der Waals surface area contributed by atoms with Gasteiger partial charge in [0.15, 0.2) is 4.77 Å². The number of H-pyrrole nitrogens is 1. The molecule has 0 spiro atoms. The summed E-state index contributed by atoms with van der Waals surface area (Å²) in [7, 11) is 4.15. The van der Waals surface area contributed by atoms with E-state index in [4.69, 9.17) is 12.2 Å². The Bertz CT molecular complexity index is 540. The lowest BCUT2D eigenvalue weighted by atomic mass is 10.3. The highest BCUT2D eigenvalue weighted by Gasteiger charge is 2.09. The molecule has 0 radical (unpaired) electrons. The Morgan fingerprint density at radius 2 is 2.31 bits per heavy atom. The summed E-state index contributed by atoms with van der Waals surface area (Å²) < 4.78 is 2.88. The molecule has 5 heteroatoms. The second kappa shape index (κ2) is 4.35. The average Bonchev–Trinajstić information content (AvgIpc) is 2.55. The minimum Gasteiger partial charge on any atom is -0.329 e. The fraction of sp³-hybridized carbons (Fsp3) is 0.455. The number of nitrogens with zero attached hydrogens (tertiary/aromatic N) is 3. The topological polar surface area (TPSA) is 36.9 Å². The SMILES string of the molecule is CC(Cn1c(=S)[nH]c2cnccc21)N(C)C. The van der Waals surface area contributed by atoms with Crippen molar-refractivity contribution in [3.05, 3.63) is 23.2 Å². The van der Waals surface area contributed by atoms with Gasteiger partial charge in [0.05, 0.1) is 17.2 Å². The third-order valence-electron chi connectivity index (χ3n) is 2.90. The molecule has 2 aromatic rings. The minimum absolute atomic E-state index is 0.443. The van der Waals surface area contributed by atoms with E-state index < -0.39 is 0 Å². The van der Waals surface area contributed by atoms with Crippen molar-refractivity contribution in [1.82, 2.24) is 19.4 Å². The molecule has 0 bridgehead atoms. The summed E-state index contributed by atoms with van der Waals surface area (Å²) in [5, 5.41) is 0. The van der Waals surface area contributed by atoms with Gasteiger partial charge in [-0.3, -0.25) is 4.98 Å². The Morgan fingerprint density at radius 1 is 1.56 bits per heavy atom. The average molecular weight is 236 g/mol. The molecule has 0 amide bonds. The van der Waals surface area contributed by atoms with E-state index >= 15 is 0 Å². The summed E-state index contributed by atoms with van der Waals surface area (Å²) in [4.78, 5) is 9.43. The number of fused-ring (bicyclic) bond motifs is 1. The summed E-state index contributed by atoms with van der Waals surface area (Å²) in [5.41, 5.74) is 2.12. The van der Waals surface area contributed by atoms with E-state index in [2.05, 4.69) is 40.5 Å². The van der Waals surface area contributed by atoms with Crippen molar-refractivity contribution >= 4 is 23.3 Å². The standard InChI is InChI=1S/C11H16N4S/c1-8(14(2)3)7-15-10-4-5-12-6-9(10)13-11(15)16/h4-6,8H,7H2,1-3H3,(H,13,16). The summed E-state index contributed by atoms with van der Waals surface area (Å²) in [6.07, 6.45) is 3.60. The molecule has 1 unspecified atom stereocenters. The number of imidazole rings is 1. The van der Waals surface area contributed by atoms with Gasteiger partial charge in [0.25, 0.3) is 0 Å². The molecule has 1 atom stereocenters. The smallest absolute Gasteiger partial charge is 0.178 e. The maximum absolute atomic E-state index is 5.32. The van der Waals surface area contributed by atoms with Crippen LogP contribution < -0.4 is 0 Å². The van der Waals surface area contributed by atoms with Crippen molar-refractivity contribution in [1.29, 1.82) is 0 Å². The number of hydrogen-bond donors (Lipinski definition) is 1. The van der Waals surface area contributed by atoms with Crippen LogP contribution in [0, 0.1) is 4.77 Å². The summed E-state index contributed by atoms with van der Waals surface area (Å²) >= 11 is 5.32. The van der Waals surface area contributed by atoms with Crippen molar-refractivity contribution in [2.75, 3.05) is 14.1 Å². The molecular formula is C11H16N4S. The quantitative estimate of drug-likeness (QED) is 0.829. The molecule has 0 saturated carbocycles. The molecule has 0 aliphatic carbocycles. The van der Waals surface area contributed by atoms with Gasteiger partial charge in [0.2, 0.25) is 0 Å². The predicted molar refractivity (Wildman–Crippen MR) is 68.1 cm³/mol. The van der Waals surface area contributed by atoms with Crippen molar-refractivity contribution in [3.63, 3.8) is 0 Å². The zero-order chi connectivity index (χ0) is 11.7. The molecule has 0 aromatic carbocycles. The van der Waals surface area contributed by atoms with Gasteiger partial charge in [0, 0.05) is 18.8 Å². The highest BCUT2D eigenvalue weighted by Crippen LogP contribution is 2.13. The highest BCUT2D eigenvalue weighted by atomic mass is 32.1. The van der Waals surface area contributed by atoms with Crippen molar-refractivity contribution < 1.29 is 0 Å². The number of aromatic amines is 1. The number of likely N-dealkylation sites (N-methyl/N-ethyl adjacent to an activating group) is 1. The lowest BCUT2D eigenvalue weighted by molar-refractivity contribution is 0.285. The van der Waals surface area contributed by atoms with Crippen LogP contribution in [0.15, 0.2) is 18.5 Å². The first-order valence-electron chi connectivity index (χ1n) is 5.28. The molecule has 0 aliphatic heterocycles. The second-order valence-electron chi connectivity index (χ2n) is 4.25. The van der Waals surface area contributed by atoms with E-state index in [9.17, 15) is 0 Å². The van der Waals surface area contributed by atoms with Gasteiger partial charge in [-0.05, 0) is 39.3 Å². The number of nitrogens with one attached hydrogen (secondary N) is 1. The van der Waals surface area contributed by atoms with Gasteiger partial charge in [-0.2, -0.15) is 0 Å². The molecule has 0 saturated heterocycles. The maximum atomic E-state index is 5.32. The Kier molecular flexibility index (Phi) is 3.07. The molecule has 2 heterocycles. The molecule has 2 aromatic heterocycles. The number of rotatable bonds is 3. The van der Waals surface area contributed by atoms with Gasteiger partial charge >= 0.3 is 0 Å². The van der Waals surface area contributed by atoms with Crippen LogP contribution in [0.1, 0.15) is 6.92 Å². The van der Waals surface area contributed by atoms with Crippen LogP contribution in [0.5, 0.6) is 0 Å². The monoisotopic (exact) mass is 236 g/mol. The van der Waals surface area contributed by atoms with Gasteiger partial charge in [-0.15, -0.1) is 0 Å². The molecule has 86 valence electrons. The largest absolute Gasteiger partial charge is 0.329 e. The third-order valence-corrected chi connectivity index (χ3v) is 3.23. The Balaban J connectivity index is 2.44. The maximum Gasteiger partial charge on any atom is 0.178 e. The van der Waals surface area contributed by atoms with Gasteiger partial charge in [-0.25, -0.2) is 0 Å². The minimum atomic E-state index is 0.443. The Hall–Kier alpha value is -1.20. The lowest BCUT2D eigenvalue weighted by Gasteiger charge is -2.20. The van der Waals surface area contributed by atoms with Crippen LogP contribution >= 0.6 is 12.2 Å². The fourth-order valence-corrected chi connectivity index (χ4v) is 1.90. The first-order valence-corrected chi connectivity index (χ1v) is 5.69. The van der Waals surface area contributed by atoms with E-state index in [0.717, 1.165) is 22.3 Å². The van der Waals surface area contributed by atoms with Crippen LogP contribution in [-0.2, 0) is 6.54 Å². The number of hydrogen-bond acceptors (Lipinski definition) is 3. The Morgan fingerprint density at radius 3 is 3.00 bits per heavy atom. The van der Waals surface area contributed by atoms with Crippen molar-refractivity contribution in [3.8, 4) is 0 Å². The lowest BCUT2D eigenvalue weighted by Crippen LogP contribution is -2.29. The van der Waals surface area contributed by atoms with Crippen LogP contribution in [0.25, 0.3) is 11.0 Å². The molecule has 0 fully saturated rings. The zero-order valence-electron chi connectivity index (χ0n) is 9.77.